The number of nitrogens with zero attached hydrogens (tertiary/aromatic N) is 2. The van der Waals surface area contributed by atoms with Crippen LogP contribution in [0.5, 0.6) is 0 Å². The summed E-state index contributed by atoms with van der Waals surface area (Å²) < 4.78 is 0. The van der Waals surface area contributed by atoms with Crippen molar-refractivity contribution in [3.8, 4) is 0 Å². The van der Waals surface area contributed by atoms with E-state index in [0.717, 1.165) is 26.2 Å². The van der Waals surface area contributed by atoms with Gasteiger partial charge < -0.3 is 10.2 Å². The molecule has 1 aromatic rings. The Morgan fingerprint density at radius 3 is 2.17 bits per heavy atom. The second kappa shape index (κ2) is 7.66. The van der Waals surface area contributed by atoms with Crippen molar-refractivity contribution in [2.75, 3.05) is 31.1 Å². The maximum Gasteiger partial charge on any atom is 0.321 e. The number of carbonyl (C=O) groups is 2. The lowest BCUT2D eigenvalue weighted by atomic mass is 10.1. The molecular weight excluding hydrogens is 304 g/mol. The number of imide groups is 1. The number of hydrogen-bond acceptors (Lipinski definition) is 4. The van der Waals surface area contributed by atoms with Crippen molar-refractivity contribution in [3.05, 3.63) is 30.3 Å². The first kappa shape index (κ1) is 18.3. The van der Waals surface area contributed by atoms with Gasteiger partial charge in [0.25, 0.3) is 0 Å². The summed E-state index contributed by atoms with van der Waals surface area (Å²) in [4.78, 5) is 28.5. The zero-order valence-electron chi connectivity index (χ0n) is 15.0. The lowest BCUT2D eigenvalue weighted by Gasteiger charge is -2.38. The van der Waals surface area contributed by atoms with Crippen molar-refractivity contribution >= 4 is 17.6 Å². The van der Waals surface area contributed by atoms with E-state index in [1.165, 1.54) is 5.69 Å². The van der Waals surface area contributed by atoms with E-state index in [-0.39, 0.29) is 17.5 Å². The number of urea groups is 1. The maximum atomic E-state index is 12.3. The molecule has 1 aliphatic heterocycles. The molecule has 0 spiro atoms. The third kappa shape index (κ3) is 5.23. The molecular formula is C18H28N4O2. The Morgan fingerprint density at radius 2 is 1.62 bits per heavy atom. The number of nitrogens with one attached hydrogen (secondary N) is 2. The monoisotopic (exact) mass is 332 g/mol. The highest BCUT2D eigenvalue weighted by atomic mass is 16.2. The van der Waals surface area contributed by atoms with Crippen LogP contribution in [0.25, 0.3) is 0 Å². The van der Waals surface area contributed by atoms with E-state index in [1.807, 2.05) is 45.9 Å². The maximum absolute atomic E-state index is 12.3. The van der Waals surface area contributed by atoms with Gasteiger partial charge in [-0.05, 0) is 39.8 Å². The number of piperazine rings is 1. The van der Waals surface area contributed by atoms with Crippen molar-refractivity contribution in [1.29, 1.82) is 0 Å². The number of hydrogen-bond donors (Lipinski definition) is 2. The number of amides is 3. The topological polar surface area (TPSA) is 64.7 Å². The molecule has 1 aromatic carbocycles. The highest BCUT2D eigenvalue weighted by Crippen LogP contribution is 2.16. The number of carbonyl (C=O) groups excluding carboxylic acids is 2. The Bertz CT molecular complexity index is 560. The molecule has 0 aliphatic carbocycles. The molecule has 6 nitrogen and oxygen atoms in total. The summed E-state index contributed by atoms with van der Waals surface area (Å²) in [5.74, 6) is -0.259. The first-order chi connectivity index (χ1) is 11.3. The minimum absolute atomic E-state index is 0.259. The molecule has 24 heavy (non-hydrogen) atoms. The van der Waals surface area contributed by atoms with Gasteiger partial charge in [0, 0.05) is 37.4 Å². The molecule has 1 saturated heterocycles. The van der Waals surface area contributed by atoms with Gasteiger partial charge in [-0.3, -0.25) is 15.0 Å². The van der Waals surface area contributed by atoms with E-state index in [2.05, 4.69) is 32.6 Å². The van der Waals surface area contributed by atoms with Gasteiger partial charge in [0.2, 0.25) is 5.91 Å². The smallest absolute Gasteiger partial charge is 0.321 e. The fraction of sp³-hybridized carbons (Fsp3) is 0.556. The normalized spacial score (nSPS) is 17.2. The van der Waals surface area contributed by atoms with Gasteiger partial charge in [-0.25, -0.2) is 4.79 Å². The summed E-state index contributed by atoms with van der Waals surface area (Å²) in [7, 11) is 0. The molecule has 0 aromatic heterocycles. The van der Waals surface area contributed by atoms with E-state index in [0.29, 0.717) is 0 Å². The van der Waals surface area contributed by atoms with Crippen molar-refractivity contribution in [3.63, 3.8) is 0 Å². The van der Waals surface area contributed by atoms with Crippen LogP contribution in [-0.4, -0.2) is 54.6 Å². The van der Waals surface area contributed by atoms with E-state index in [1.54, 1.807) is 0 Å². The molecule has 1 atom stereocenters. The third-order valence-corrected chi connectivity index (χ3v) is 4.09. The van der Waals surface area contributed by atoms with Crippen LogP contribution >= 0.6 is 0 Å². The van der Waals surface area contributed by atoms with Crippen molar-refractivity contribution < 1.29 is 9.59 Å². The summed E-state index contributed by atoms with van der Waals surface area (Å²) in [5, 5.41) is 5.17. The van der Waals surface area contributed by atoms with Crippen molar-refractivity contribution in [2.24, 2.45) is 0 Å². The van der Waals surface area contributed by atoms with Crippen molar-refractivity contribution in [2.45, 2.75) is 39.3 Å². The number of anilines is 1. The van der Waals surface area contributed by atoms with Gasteiger partial charge >= 0.3 is 6.03 Å². The molecule has 6 heteroatoms. The first-order valence-electron chi connectivity index (χ1n) is 8.43. The van der Waals surface area contributed by atoms with Crippen LogP contribution in [-0.2, 0) is 4.79 Å². The molecule has 132 valence electrons. The van der Waals surface area contributed by atoms with Crippen LogP contribution in [0.3, 0.4) is 0 Å². The van der Waals surface area contributed by atoms with Crippen LogP contribution < -0.4 is 15.5 Å². The molecule has 1 heterocycles. The minimum Gasteiger partial charge on any atom is -0.369 e. The number of benzene rings is 1. The van der Waals surface area contributed by atoms with Gasteiger partial charge in [-0.1, -0.05) is 18.2 Å². The minimum atomic E-state index is -0.442. The van der Waals surface area contributed by atoms with E-state index < -0.39 is 6.03 Å². The molecule has 2 rings (SSSR count). The van der Waals surface area contributed by atoms with Crippen LogP contribution in [0.2, 0.25) is 0 Å². The second-order valence-electron chi connectivity index (χ2n) is 7.23. The fourth-order valence-corrected chi connectivity index (χ4v) is 2.76. The summed E-state index contributed by atoms with van der Waals surface area (Å²) >= 11 is 0. The Labute approximate surface area is 144 Å². The lowest BCUT2D eigenvalue weighted by molar-refractivity contribution is -0.124. The highest BCUT2D eigenvalue weighted by Gasteiger charge is 2.27. The van der Waals surface area contributed by atoms with E-state index in [9.17, 15) is 9.59 Å². The molecule has 1 aliphatic rings. The standard InChI is InChI=1S/C18H28N4O2/c1-14(16(23)19-17(24)20-18(2,3)4)21-10-12-22(13-11-21)15-8-6-5-7-9-15/h5-9,14H,10-13H2,1-4H3,(H2,19,20,23,24). The molecule has 0 radical (unpaired) electrons. The predicted octanol–water partition coefficient (Wildman–Crippen LogP) is 1.82. The Morgan fingerprint density at radius 1 is 1.04 bits per heavy atom. The zero-order valence-corrected chi connectivity index (χ0v) is 15.0. The van der Waals surface area contributed by atoms with Gasteiger partial charge in [-0.15, -0.1) is 0 Å². The second-order valence-corrected chi connectivity index (χ2v) is 7.23. The van der Waals surface area contributed by atoms with Crippen molar-refractivity contribution in [1.82, 2.24) is 15.5 Å². The Hall–Kier alpha value is -2.08. The third-order valence-electron chi connectivity index (χ3n) is 4.09. The number of rotatable bonds is 3. The molecule has 2 N–H and O–H groups in total. The van der Waals surface area contributed by atoms with E-state index in [4.69, 9.17) is 0 Å². The van der Waals surface area contributed by atoms with Gasteiger partial charge in [0.1, 0.15) is 0 Å². The fourth-order valence-electron chi connectivity index (χ4n) is 2.76. The quantitative estimate of drug-likeness (QED) is 0.886. The molecule has 1 unspecified atom stereocenters. The van der Waals surface area contributed by atoms with Gasteiger partial charge in [0.15, 0.2) is 0 Å². The Balaban J connectivity index is 1.82. The summed E-state index contributed by atoms with van der Waals surface area (Å²) in [6.45, 7) is 10.8. The molecule has 0 saturated carbocycles. The lowest BCUT2D eigenvalue weighted by Crippen LogP contribution is -2.56. The largest absolute Gasteiger partial charge is 0.369 e. The summed E-state index contributed by atoms with van der Waals surface area (Å²) in [6, 6.07) is 9.51. The highest BCUT2D eigenvalue weighted by molar-refractivity contribution is 5.97. The zero-order chi connectivity index (χ0) is 17.7. The summed E-state index contributed by atoms with van der Waals surface area (Å²) in [5.41, 5.74) is 0.841. The van der Waals surface area contributed by atoms with Crippen LogP contribution in [0.4, 0.5) is 10.5 Å². The summed E-state index contributed by atoms with van der Waals surface area (Å²) in [6.07, 6.45) is 0. The van der Waals surface area contributed by atoms with Crippen LogP contribution in [0, 0.1) is 0 Å². The van der Waals surface area contributed by atoms with E-state index >= 15 is 0 Å². The Kier molecular flexibility index (Phi) is 5.83. The molecule has 0 bridgehead atoms. The SMILES string of the molecule is CC(C(=O)NC(=O)NC(C)(C)C)N1CCN(c2ccccc2)CC1. The van der Waals surface area contributed by atoms with Gasteiger partial charge in [-0.2, -0.15) is 0 Å². The molecule has 1 fully saturated rings. The number of para-hydroxylation sites is 1. The average Bonchev–Trinajstić information content (AvgIpc) is 2.53. The van der Waals surface area contributed by atoms with Gasteiger partial charge in [0.05, 0.1) is 6.04 Å². The predicted molar refractivity (Wildman–Crippen MR) is 96.1 cm³/mol. The first-order valence-corrected chi connectivity index (χ1v) is 8.43. The van der Waals surface area contributed by atoms with Crippen LogP contribution in [0.15, 0.2) is 30.3 Å². The molecule has 3 amide bonds. The average molecular weight is 332 g/mol. The van der Waals surface area contributed by atoms with Crippen LogP contribution in [0.1, 0.15) is 27.7 Å².